The van der Waals surface area contributed by atoms with Crippen LogP contribution in [0.2, 0.25) is 0 Å². The molecule has 1 saturated carbocycles. The number of carbonyl (C=O) groups excluding carboxylic acids is 1. The summed E-state index contributed by atoms with van der Waals surface area (Å²) < 4.78 is 26.9. The lowest BCUT2D eigenvalue weighted by atomic mass is 9.96. The molecule has 1 aromatic rings. The first-order chi connectivity index (χ1) is 11.1. The van der Waals surface area contributed by atoms with Gasteiger partial charge in [0.25, 0.3) is 0 Å². The van der Waals surface area contributed by atoms with E-state index in [1.807, 2.05) is 17.0 Å². The molecule has 0 radical (unpaired) electrons. The van der Waals surface area contributed by atoms with Crippen LogP contribution in [0.1, 0.15) is 37.7 Å². The number of hydrogen-bond acceptors (Lipinski definition) is 4. The first kappa shape index (κ1) is 15.1. The lowest BCUT2D eigenvalue weighted by Gasteiger charge is -2.39. The molecule has 7 heteroatoms. The molecule has 2 aliphatic heterocycles. The Bertz CT molecular complexity index is 703. The average Bonchev–Trinajstić information content (AvgIpc) is 3.31. The summed E-state index contributed by atoms with van der Waals surface area (Å²) in [5.41, 5.74) is 1.04. The Morgan fingerprint density at radius 2 is 1.83 bits per heavy atom. The predicted molar refractivity (Wildman–Crippen MR) is 84.9 cm³/mol. The van der Waals surface area contributed by atoms with Crippen molar-refractivity contribution in [2.45, 2.75) is 56.0 Å². The largest absolute Gasteiger partial charge is 0.334 e. The first-order valence-electron chi connectivity index (χ1n) is 8.26. The molecule has 3 aliphatic rings. The zero-order valence-electron chi connectivity index (χ0n) is 13.0. The van der Waals surface area contributed by atoms with Gasteiger partial charge in [0, 0.05) is 44.0 Å². The third-order valence-electron chi connectivity index (χ3n) is 5.21. The van der Waals surface area contributed by atoms with Gasteiger partial charge in [-0.05, 0) is 43.4 Å². The molecule has 0 N–H and O–H groups in total. The van der Waals surface area contributed by atoms with E-state index in [-0.39, 0.29) is 23.2 Å². The third kappa shape index (κ3) is 2.65. The van der Waals surface area contributed by atoms with Gasteiger partial charge in [-0.25, -0.2) is 8.42 Å². The summed E-state index contributed by atoms with van der Waals surface area (Å²) in [5, 5.41) is -0.174. The highest BCUT2D eigenvalue weighted by molar-refractivity contribution is 7.90. The van der Waals surface area contributed by atoms with Crippen molar-refractivity contribution in [3.05, 3.63) is 30.1 Å². The maximum atomic E-state index is 12.6. The molecule has 3 fully saturated rings. The highest BCUT2D eigenvalue weighted by Crippen LogP contribution is 2.39. The zero-order valence-corrected chi connectivity index (χ0v) is 13.8. The second kappa shape index (κ2) is 5.56. The van der Waals surface area contributed by atoms with Crippen LogP contribution in [0.15, 0.2) is 24.5 Å². The van der Waals surface area contributed by atoms with E-state index in [4.69, 9.17) is 0 Å². The number of carbonyl (C=O) groups is 1. The number of rotatable bonds is 4. The van der Waals surface area contributed by atoms with Crippen LogP contribution < -0.4 is 0 Å². The Morgan fingerprint density at radius 3 is 2.52 bits per heavy atom. The van der Waals surface area contributed by atoms with Crippen LogP contribution in [0.5, 0.6) is 0 Å². The molecule has 2 saturated heterocycles. The SMILES string of the molecule is O=C1CC[C@@H]2[C@@H](CCN2S(=O)(=O)C2CC2)N1Cc1ccncc1. The molecule has 2 atom stereocenters. The van der Waals surface area contributed by atoms with Crippen molar-refractivity contribution in [1.82, 2.24) is 14.2 Å². The van der Waals surface area contributed by atoms with E-state index < -0.39 is 10.0 Å². The number of sulfonamides is 1. The molecule has 1 amide bonds. The number of fused-ring (bicyclic) bond motifs is 1. The molecule has 0 unspecified atom stereocenters. The molecular formula is C16H21N3O3S. The molecule has 23 heavy (non-hydrogen) atoms. The van der Waals surface area contributed by atoms with Crippen LogP contribution in [-0.2, 0) is 21.4 Å². The summed E-state index contributed by atoms with van der Waals surface area (Å²) in [6, 6.07) is 3.79. The number of hydrogen-bond donors (Lipinski definition) is 0. The Hall–Kier alpha value is -1.47. The molecule has 124 valence electrons. The molecule has 0 aromatic carbocycles. The van der Waals surface area contributed by atoms with Crippen molar-refractivity contribution in [2.24, 2.45) is 0 Å². The molecule has 4 rings (SSSR count). The molecule has 0 spiro atoms. The second-order valence-corrected chi connectivity index (χ2v) is 8.86. The quantitative estimate of drug-likeness (QED) is 0.827. The fraction of sp³-hybridized carbons (Fsp3) is 0.625. The number of piperidine rings is 1. The summed E-state index contributed by atoms with van der Waals surface area (Å²) in [4.78, 5) is 18.3. The summed E-state index contributed by atoms with van der Waals surface area (Å²) in [7, 11) is -3.16. The zero-order chi connectivity index (χ0) is 16.0. The number of likely N-dealkylation sites (tertiary alicyclic amines) is 1. The molecule has 1 aromatic heterocycles. The number of nitrogens with zero attached hydrogens (tertiary/aromatic N) is 3. The first-order valence-corrected chi connectivity index (χ1v) is 9.77. The van der Waals surface area contributed by atoms with Gasteiger partial charge in [0.15, 0.2) is 0 Å². The van der Waals surface area contributed by atoms with Crippen molar-refractivity contribution in [3.63, 3.8) is 0 Å². The Labute approximate surface area is 136 Å². The van der Waals surface area contributed by atoms with E-state index in [1.165, 1.54) is 0 Å². The Kier molecular flexibility index (Phi) is 3.65. The fourth-order valence-electron chi connectivity index (χ4n) is 3.87. The summed E-state index contributed by atoms with van der Waals surface area (Å²) >= 11 is 0. The van der Waals surface area contributed by atoms with Gasteiger partial charge in [0.2, 0.25) is 15.9 Å². The molecule has 6 nitrogen and oxygen atoms in total. The normalized spacial score (nSPS) is 28.9. The van der Waals surface area contributed by atoms with E-state index in [9.17, 15) is 13.2 Å². The Balaban J connectivity index is 1.56. The van der Waals surface area contributed by atoms with Gasteiger partial charge < -0.3 is 4.90 Å². The molecule has 1 aliphatic carbocycles. The van der Waals surface area contributed by atoms with Gasteiger partial charge in [-0.2, -0.15) is 4.31 Å². The minimum atomic E-state index is -3.16. The van der Waals surface area contributed by atoms with Gasteiger partial charge in [0.05, 0.1) is 5.25 Å². The van der Waals surface area contributed by atoms with Crippen LogP contribution in [0.3, 0.4) is 0 Å². The molecular weight excluding hydrogens is 314 g/mol. The fourth-order valence-corrected chi connectivity index (χ4v) is 5.97. The van der Waals surface area contributed by atoms with Gasteiger partial charge in [-0.3, -0.25) is 9.78 Å². The van der Waals surface area contributed by atoms with Gasteiger partial charge in [-0.15, -0.1) is 0 Å². The average molecular weight is 335 g/mol. The maximum absolute atomic E-state index is 12.6. The third-order valence-corrected chi connectivity index (χ3v) is 7.63. The van der Waals surface area contributed by atoms with Crippen molar-refractivity contribution in [3.8, 4) is 0 Å². The minimum absolute atomic E-state index is 0.0120. The van der Waals surface area contributed by atoms with E-state index >= 15 is 0 Å². The van der Waals surface area contributed by atoms with Crippen LogP contribution in [0.4, 0.5) is 0 Å². The number of amides is 1. The monoisotopic (exact) mass is 335 g/mol. The van der Waals surface area contributed by atoms with Crippen LogP contribution in [-0.4, -0.2) is 52.4 Å². The van der Waals surface area contributed by atoms with Crippen LogP contribution >= 0.6 is 0 Å². The standard InChI is InChI=1S/C16H21N3O3S/c20-16-4-3-15-14(18(16)11-12-5-8-17-9-6-12)7-10-19(15)23(21,22)13-1-2-13/h5-6,8-9,13-15H,1-4,7,10-11H2/t14-,15-/m1/s1. The van der Waals surface area contributed by atoms with Gasteiger partial charge in [0.1, 0.15) is 0 Å². The van der Waals surface area contributed by atoms with Crippen molar-refractivity contribution < 1.29 is 13.2 Å². The summed E-state index contributed by atoms with van der Waals surface area (Å²) in [6.45, 7) is 1.09. The van der Waals surface area contributed by atoms with Crippen molar-refractivity contribution >= 4 is 15.9 Å². The topological polar surface area (TPSA) is 70.6 Å². The van der Waals surface area contributed by atoms with E-state index in [0.29, 0.717) is 25.9 Å². The van der Waals surface area contributed by atoms with Crippen molar-refractivity contribution in [2.75, 3.05) is 6.54 Å². The number of pyridine rings is 1. The van der Waals surface area contributed by atoms with Crippen LogP contribution in [0.25, 0.3) is 0 Å². The smallest absolute Gasteiger partial charge is 0.223 e. The second-order valence-electron chi connectivity index (χ2n) is 6.69. The summed E-state index contributed by atoms with van der Waals surface area (Å²) in [5.74, 6) is 0.133. The maximum Gasteiger partial charge on any atom is 0.223 e. The van der Waals surface area contributed by atoms with E-state index in [2.05, 4.69) is 4.98 Å². The van der Waals surface area contributed by atoms with Gasteiger partial charge >= 0.3 is 0 Å². The molecule has 3 heterocycles. The number of aromatic nitrogens is 1. The molecule has 0 bridgehead atoms. The lowest BCUT2D eigenvalue weighted by molar-refractivity contribution is -0.138. The van der Waals surface area contributed by atoms with E-state index in [1.54, 1.807) is 16.7 Å². The summed E-state index contributed by atoms with van der Waals surface area (Å²) in [6.07, 6.45) is 6.85. The van der Waals surface area contributed by atoms with E-state index in [0.717, 1.165) is 24.8 Å². The van der Waals surface area contributed by atoms with Crippen molar-refractivity contribution in [1.29, 1.82) is 0 Å². The highest BCUT2D eigenvalue weighted by atomic mass is 32.2. The van der Waals surface area contributed by atoms with Crippen LogP contribution in [0, 0.1) is 0 Å². The minimum Gasteiger partial charge on any atom is -0.334 e. The Morgan fingerprint density at radius 1 is 1.09 bits per heavy atom. The van der Waals surface area contributed by atoms with Gasteiger partial charge in [-0.1, -0.05) is 0 Å². The lowest BCUT2D eigenvalue weighted by Crippen LogP contribution is -2.53. The highest BCUT2D eigenvalue weighted by Gasteiger charge is 2.51. The predicted octanol–water partition coefficient (Wildman–Crippen LogP) is 1.14.